The summed E-state index contributed by atoms with van der Waals surface area (Å²) in [6.07, 6.45) is 2.55. The monoisotopic (exact) mass is 517 g/mol. The largest absolute Gasteiger partial charge is 0.478 e. The fourth-order valence-corrected chi connectivity index (χ4v) is 4.26. The van der Waals surface area contributed by atoms with Gasteiger partial charge in [0.2, 0.25) is 5.60 Å². The van der Waals surface area contributed by atoms with Crippen LogP contribution in [0, 0.1) is 0 Å². The van der Waals surface area contributed by atoms with E-state index in [1.54, 1.807) is 0 Å². The van der Waals surface area contributed by atoms with Gasteiger partial charge < -0.3 is 26.0 Å². The van der Waals surface area contributed by atoms with Gasteiger partial charge in [-0.2, -0.15) is 8.42 Å². The van der Waals surface area contributed by atoms with Crippen LogP contribution in [0.4, 0.5) is 5.13 Å². The SMILES string of the molecule is CC(C)(ON=C(C(=O)N[C@@H]1C(=O)N(S(=O)(=O)O)[C@@H]1Cn1cc[nH]c1=O)c1csc(N)n1)C(=O)O. The molecule has 1 aliphatic rings. The lowest BCUT2D eigenvalue weighted by Crippen LogP contribution is -2.73. The van der Waals surface area contributed by atoms with Crippen LogP contribution in [0.3, 0.4) is 0 Å². The van der Waals surface area contributed by atoms with E-state index in [0.29, 0.717) is 0 Å². The highest BCUT2D eigenvalue weighted by atomic mass is 32.2. The molecular formula is C16H19N7O9S2. The molecule has 3 rings (SSSR count). The molecular weight excluding hydrogens is 498 g/mol. The van der Waals surface area contributed by atoms with Crippen molar-refractivity contribution in [3.8, 4) is 0 Å². The molecule has 1 saturated heterocycles. The molecule has 2 aromatic heterocycles. The fraction of sp³-hybridized carbons (Fsp3) is 0.375. The molecule has 2 amide bonds. The molecule has 0 bridgehead atoms. The van der Waals surface area contributed by atoms with Crippen molar-refractivity contribution in [3.05, 3.63) is 34.0 Å². The summed E-state index contributed by atoms with van der Waals surface area (Å²) in [4.78, 5) is 59.7. The normalized spacial score (nSPS) is 19.0. The lowest BCUT2D eigenvalue weighted by Gasteiger charge is -2.44. The highest BCUT2D eigenvalue weighted by molar-refractivity contribution is 7.84. The molecule has 18 heteroatoms. The molecule has 184 valence electrons. The quantitative estimate of drug-likeness (QED) is 0.105. The Hall–Kier alpha value is -3.77. The molecule has 0 radical (unpaired) electrons. The van der Waals surface area contributed by atoms with Crippen molar-refractivity contribution < 1.29 is 37.3 Å². The number of aliphatic carboxylic acids is 1. The lowest BCUT2D eigenvalue weighted by molar-refractivity contribution is -0.161. The van der Waals surface area contributed by atoms with E-state index in [4.69, 9.17) is 10.6 Å². The van der Waals surface area contributed by atoms with Gasteiger partial charge in [0.1, 0.15) is 11.7 Å². The number of anilines is 1. The van der Waals surface area contributed by atoms with Gasteiger partial charge in [-0.1, -0.05) is 5.16 Å². The van der Waals surface area contributed by atoms with Gasteiger partial charge in [-0.05, 0) is 13.8 Å². The Morgan fingerprint density at radius 2 is 2.09 bits per heavy atom. The zero-order valence-corrected chi connectivity index (χ0v) is 19.2. The van der Waals surface area contributed by atoms with Crippen LogP contribution < -0.4 is 16.7 Å². The molecule has 6 N–H and O–H groups in total. The van der Waals surface area contributed by atoms with Crippen molar-refractivity contribution >= 4 is 50.3 Å². The summed E-state index contributed by atoms with van der Waals surface area (Å²) >= 11 is 0.943. The first kappa shape index (κ1) is 24.9. The van der Waals surface area contributed by atoms with E-state index >= 15 is 0 Å². The second-order valence-electron chi connectivity index (χ2n) is 7.47. The number of nitrogens with two attached hydrogens (primary N) is 1. The van der Waals surface area contributed by atoms with Crippen LogP contribution in [0.15, 0.2) is 27.7 Å². The van der Waals surface area contributed by atoms with Crippen LogP contribution in [-0.2, 0) is 36.1 Å². The Kier molecular flexibility index (Phi) is 6.49. The average molecular weight is 518 g/mol. The van der Waals surface area contributed by atoms with Crippen molar-refractivity contribution in [3.63, 3.8) is 0 Å². The number of nitrogens with one attached hydrogen (secondary N) is 2. The van der Waals surface area contributed by atoms with Gasteiger partial charge in [-0.15, -0.1) is 11.3 Å². The zero-order valence-electron chi connectivity index (χ0n) is 17.5. The number of thiazole rings is 1. The number of β-lactam (4-membered cyclic amide) rings is 1. The number of oxime groups is 1. The number of carboxylic acids is 1. The Bertz CT molecular complexity index is 1320. The maximum absolute atomic E-state index is 13.0. The van der Waals surface area contributed by atoms with E-state index in [9.17, 15) is 37.3 Å². The van der Waals surface area contributed by atoms with Crippen molar-refractivity contribution in [1.82, 2.24) is 24.2 Å². The first-order valence-electron chi connectivity index (χ1n) is 9.28. The van der Waals surface area contributed by atoms with Crippen molar-refractivity contribution in [2.45, 2.75) is 38.1 Å². The molecule has 0 aromatic carbocycles. The smallest absolute Gasteiger partial charge is 0.362 e. The highest BCUT2D eigenvalue weighted by Crippen LogP contribution is 2.25. The molecule has 16 nitrogen and oxygen atoms in total. The van der Waals surface area contributed by atoms with Gasteiger partial charge in [0.25, 0.3) is 11.8 Å². The summed E-state index contributed by atoms with van der Waals surface area (Å²) in [6.45, 7) is 1.96. The van der Waals surface area contributed by atoms with Gasteiger partial charge in [0.15, 0.2) is 10.8 Å². The van der Waals surface area contributed by atoms with Crippen molar-refractivity contribution in [2.24, 2.45) is 5.16 Å². The minimum atomic E-state index is -5.00. The summed E-state index contributed by atoms with van der Waals surface area (Å²) in [5.74, 6) is -3.64. The minimum Gasteiger partial charge on any atom is -0.478 e. The first-order valence-corrected chi connectivity index (χ1v) is 11.6. The summed E-state index contributed by atoms with van der Waals surface area (Å²) in [5, 5.41) is 16.4. The van der Waals surface area contributed by atoms with E-state index in [0.717, 1.165) is 15.9 Å². The summed E-state index contributed by atoms with van der Waals surface area (Å²) in [5.41, 5.74) is 2.48. The number of rotatable bonds is 9. The number of hydrogen-bond donors (Lipinski definition) is 5. The molecule has 1 aliphatic heterocycles. The predicted octanol–water partition coefficient (Wildman–Crippen LogP) is -2.00. The van der Waals surface area contributed by atoms with E-state index in [-0.39, 0.29) is 15.1 Å². The van der Waals surface area contributed by atoms with Gasteiger partial charge in [-0.25, -0.2) is 18.9 Å². The van der Waals surface area contributed by atoms with Crippen molar-refractivity contribution in [1.29, 1.82) is 0 Å². The maximum atomic E-state index is 13.0. The third-order valence-electron chi connectivity index (χ3n) is 4.67. The predicted molar refractivity (Wildman–Crippen MR) is 115 cm³/mol. The van der Waals surface area contributed by atoms with Gasteiger partial charge in [-0.3, -0.25) is 18.7 Å². The molecule has 1 fully saturated rings. The van der Waals surface area contributed by atoms with E-state index in [1.165, 1.54) is 31.6 Å². The molecule has 0 saturated carbocycles. The second-order valence-corrected chi connectivity index (χ2v) is 9.64. The van der Waals surface area contributed by atoms with Gasteiger partial charge in [0, 0.05) is 17.8 Å². The summed E-state index contributed by atoms with van der Waals surface area (Å²) in [7, 11) is -5.00. The third-order valence-corrected chi connectivity index (χ3v) is 6.29. The van der Waals surface area contributed by atoms with Crippen LogP contribution in [0.1, 0.15) is 19.5 Å². The Morgan fingerprint density at radius 3 is 2.59 bits per heavy atom. The molecule has 0 spiro atoms. The van der Waals surface area contributed by atoms with Crippen LogP contribution >= 0.6 is 11.3 Å². The number of carbonyl (C=O) groups is 3. The standard InChI is InChI=1S/C16H19N7O9S2/c1-16(2,13(26)27)32-21-9(7-6-33-14(17)19-7)11(24)20-10-8(5-22-4-3-18-15(22)28)23(12(10)25)34(29,30)31/h3-4,6,8,10H,5H2,1-2H3,(H2,17,19)(H,18,28)(H,20,24)(H,26,27)(H,29,30,31)/t8-,10+/m1/s1. The Balaban J connectivity index is 1.90. The number of carboxylic acid groups (broad SMARTS) is 1. The number of imidazole rings is 1. The topological polar surface area (TPSA) is 239 Å². The molecule has 2 aromatic rings. The van der Waals surface area contributed by atoms with Crippen molar-refractivity contribution in [2.75, 3.05) is 5.73 Å². The first-order chi connectivity index (χ1) is 15.7. The van der Waals surface area contributed by atoms with E-state index in [2.05, 4.69) is 20.4 Å². The lowest BCUT2D eigenvalue weighted by atomic mass is 9.98. The van der Waals surface area contributed by atoms with Crippen LogP contribution in [0.2, 0.25) is 0 Å². The Labute approximate surface area is 194 Å². The van der Waals surface area contributed by atoms with Crippen LogP contribution in [0.25, 0.3) is 0 Å². The molecule has 3 heterocycles. The summed E-state index contributed by atoms with van der Waals surface area (Å²) in [6, 6.07) is -2.86. The fourth-order valence-electron chi connectivity index (χ4n) is 2.84. The summed E-state index contributed by atoms with van der Waals surface area (Å²) < 4.78 is 33.8. The molecule has 0 unspecified atom stereocenters. The van der Waals surface area contributed by atoms with Crippen LogP contribution in [-0.4, -0.2) is 78.1 Å². The molecule has 2 atom stereocenters. The highest BCUT2D eigenvalue weighted by Gasteiger charge is 2.54. The number of aromatic amines is 1. The maximum Gasteiger partial charge on any atom is 0.362 e. The number of nitrogens with zero attached hydrogens (tertiary/aromatic N) is 4. The van der Waals surface area contributed by atoms with E-state index in [1.807, 2.05) is 0 Å². The number of nitrogen functional groups attached to an aromatic ring is 1. The molecule has 0 aliphatic carbocycles. The number of carbonyl (C=O) groups excluding carboxylic acids is 2. The second kappa shape index (κ2) is 8.88. The Morgan fingerprint density at radius 1 is 1.41 bits per heavy atom. The number of hydrogen-bond acceptors (Lipinski definition) is 11. The minimum absolute atomic E-state index is 0.0509. The number of amides is 2. The van der Waals surface area contributed by atoms with E-state index < -0.39 is 63.7 Å². The van der Waals surface area contributed by atoms with Gasteiger partial charge >= 0.3 is 22.0 Å². The van der Waals surface area contributed by atoms with Gasteiger partial charge in [0.05, 0.1) is 12.6 Å². The zero-order chi connectivity index (χ0) is 25.4. The number of H-pyrrole nitrogens is 1. The number of aromatic nitrogens is 3. The third kappa shape index (κ3) is 4.92. The average Bonchev–Trinajstić information content (AvgIpc) is 3.32. The molecule has 34 heavy (non-hydrogen) atoms. The van der Waals surface area contributed by atoms with Crippen LogP contribution in [0.5, 0.6) is 0 Å².